The van der Waals surface area contributed by atoms with E-state index in [0.29, 0.717) is 6.54 Å². The second-order valence-electron chi connectivity index (χ2n) is 2.69. The molecule has 0 saturated carbocycles. The first-order chi connectivity index (χ1) is 5.83. The summed E-state index contributed by atoms with van der Waals surface area (Å²) in [7, 11) is 0. The number of hydrogen-bond acceptors (Lipinski definition) is 1. The zero-order chi connectivity index (χ0) is 8.81. The molecule has 12 heavy (non-hydrogen) atoms. The van der Waals surface area contributed by atoms with Crippen molar-refractivity contribution in [2.24, 2.45) is 5.11 Å². The van der Waals surface area contributed by atoms with Gasteiger partial charge in [0.15, 0.2) is 0 Å². The van der Waals surface area contributed by atoms with Crippen LogP contribution in [0.25, 0.3) is 10.4 Å². The third-order valence-electron chi connectivity index (χ3n) is 1.68. The molecule has 1 aromatic rings. The number of rotatable bonds is 3. The zero-order valence-corrected chi connectivity index (χ0v) is 7.07. The monoisotopic (exact) mass is 162 g/mol. The highest BCUT2D eigenvalue weighted by molar-refractivity contribution is 5.21. The fourth-order valence-corrected chi connectivity index (χ4v) is 0.979. The van der Waals surface area contributed by atoms with Crippen LogP contribution in [0.5, 0.6) is 0 Å². The van der Waals surface area contributed by atoms with Gasteiger partial charge in [0, 0.05) is 11.5 Å². The Morgan fingerprint density at radius 2 is 2.00 bits per heavy atom. The molecule has 0 aliphatic rings. The predicted molar refractivity (Wildman–Crippen MR) is 48.9 cm³/mol. The van der Waals surface area contributed by atoms with E-state index in [1.807, 2.05) is 0 Å². The molecule has 3 nitrogen and oxygen atoms in total. The molecular weight excluding hydrogens is 151 g/mol. The topological polar surface area (TPSA) is 48.8 Å². The highest BCUT2D eigenvalue weighted by atomic mass is 15.1. The van der Waals surface area contributed by atoms with Crippen molar-refractivity contribution in [3.05, 3.63) is 45.8 Å². The molecule has 0 fully saturated rings. The van der Waals surface area contributed by atoms with E-state index >= 15 is 0 Å². The Kier molecular flexibility index (Phi) is 3.17. The molecular formula is C9H11N3. The van der Waals surface area contributed by atoms with Crippen molar-refractivity contribution in [2.45, 2.75) is 13.3 Å². The fourth-order valence-electron chi connectivity index (χ4n) is 0.979. The summed E-state index contributed by atoms with van der Waals surface area (Å²) < 4.78 is 0. The molecule has 0 aliphatic heterocycles. The van der Waals surface area contributed by atoms with Gasteiger partial charge in [0.2, 0.25) is 0 Å². The van der Waals surface area contributed by atoms with E-state index in [4.69, 9.17) is 5.53 Å². The Labute approximate surface area is 71.7 Å². The number of benzene rings is 1. The average Bonchev–Trinajstić information content (AvgIpc) is 2.09. The second kappa shape index (κ2) is 4.42. The van der Waals surface area contributed by atoms with E-state index in [1.54, 1.807) is 0 Å². The van der Waals surface area contributed by atoms with Crippen LogP contribution in [0.15, 0.2) is 29.4 Å². The van der Waals surface area contributed by atoms with Crippen molar-refractivity contribution in [1.29, 1.82) is 0 Å². The number of hydrogen-bond donors (Lipinski definition) is 0. The Hall–Kier alpha value is -1.47. The third-order valence-corrected chi connectivity index (χ3v) is 1.68. The molecule has 1 aromatic carbocycles. The van der Waals surface area contributed by atoms with Crippen LogP contribution in [-0.4, -0.2) is 6.54 Å². The van der Waals surface area contributed by atoms with Gasteiger partial charge in [0.05, 0.1) is 0 Å². The quantitative estimate of drug-likeness (QED) is 0.284. The van der Waals surface area contributed by atoms with Crippen LogP contribution >= 0.6 is 0 Å². The van der Waals surface area contributed by atoms with Gasteiger partial charge in [0.25, 0.3) is 0 Å². The summed E-state index contributed by atoms with van der Waals surface area (Å²) in [6, 6.07) is 8.24. The first-order valence-corrected chi connectivity index (χ1v) is 3.89. The predicted octanol–water partition coefficient (Wildman–Crippen LogP) is 2.85. The van der Waals surface area contributed by atoms with E-state index in [1.165, 1.54) is 11.1 Å². The van der Waals surface area contributed by atoms with E-state index in [9.17, 15) is 0 Å². The van der Waals surface area contributed by atoms with Gasteiger partial charge >= 0.3 is 0 Å². The molecule has 0 bridgehead atoms. The molecule has 0 unspecified atom stereocenters. The molecule has 0 aliphatic carbocycles. The van der Waals surface area contributed by atoms with E-state index in [-0.39, 0.29) is 0 Å². The molecule has 1 rings (SSSR count). The van der Waals surface area contributed by atoms with Gasteiger partial charge in [0.1, 0.15) is 0 Å². The van der Waals surface area contributed by atoms with Crippen molar-refractivity contribution in [3.8, 4) is 0 Å². The lowest BCUT2D eigenvalue weighted by Gasteiger charge is -1.97. The standard InChI is InChI=1S/C9H11N3/c1-8-2-4-9(5-3-8)6-7-11-12-10/h2-5H,6-7H2,1H3/i6+1. The van der Waals surface area contributed by atoms with Gasteiger partial charge in [-0.3, -0.25) is 0 Å². The van der Waals surface area contributed by atoms with Gasteiger partial charge in [-0.25, -0.2) is 0 Å². The molecule has 0 spiro atoms. The molecule has 62 valence electrons. The van der Waals surface area contributed by atoms with Crippen molar-refractivity contribution < 1.29 is 0 Å². The van der Waals surface area contributed by atoms with Crippen LogP contribution in [0, 0.1) is 6.92 Å². The SMILES string of the molecule is Cc1ccc([13CH2]CN=[N+]=[N-])cc1. The van der Waals surface area contributed by atoms with Crippen LogP contribution in [0.1, 0.15) is 11.1 Å². The highest BCUT2D eigenvalue weighted by Gasteiger charge is 1.89. The summed E-state index contributed by atoms with van der Waals surface area (Å²) in [5, 5.41) is 3.47. The van der Waals surface area contributed by atoms with Crippen LogP contribution in [0.2, 0.25) is 0 Å². The third kappa shape index (κ3) is 2.64. The Bertz CT molecular complexity index is 283. The summed E-state index contributed by atoms with van der Waals surface area (Å²) in [4.78, 5) is 2.69. The minimum atomic E-state index is 0.541. The summed E-state index contributed by atoms with van der Waals surface area (Å²) >= 11 is 0. The van der Waals surface area contributed by atoms with Gasteiger partial charge < -0.3 is 0 Å². The van der Waals surface area contributed by atoms with Crippen molar-refractivity contribution in [2.75, 3.05) is 6.54 Å². The Morgan fingerprint density at radius 1 is 1.33 bits per heavy atom. The molecule has 0 saturated heterocycles. The molecule has 3 heteroatoms. The molecule has 0 radical (unpaired) electrons. The van der Waals surface area contributed by atoms with Gasteiger partial charge in [-0.1, -0.05) is 34.9 Å². The highest BCUT2D eigenvalue weighted by Crippen LogP contribution is 2.03. The van der Waals surface area contributed by atoms with E-state index in [0.717, 1.165) is 6.42 Å². The van der Waals surface area contributed by atoms with Crippen molar-refractivity contribution in [1.82, 2.24) is 0 Å². The maximum absolute atomic E-state index is 8.05. The summed E-state index contributed by atoms with van der Waals surface area (Å²) in [5.41, 5.74) is 10.5. The summed E-state index contributed by atoms with van der Waals surface area (Å²) in [6.45, 7) is 2.59. The average molecular weight is 162 g/mol. The largest absolute Gasteiger partial charge is 0.0936 e. The van der Waals surface area contributed by atoms with E-state index < -0.39 is 0 Å². The number of aryl methyl sites for hydroxylation is 1. The van der Waals surface area contributed by atoms with Crippen molar-refractivity contribution in [3.63, 3.8) is 0 Å². The molecule has 0 aromatic heterocycles. The zero-order valence-electron chi connectivity index (χ0n) is 7.07. The normalized spacial score (nSPS) is 9.08. The molecule has 0 N–H and O–H groups in total. The lowest BCUT2D eigenvalue weighted by atomic mass is 10.2. The Morgan fingerprint density at radius 3 is 2.58 bits per heavy atom. The smallest absolute Gasteiger partial charge is 0.0298 e. The number of azide groups is 1. The second-order valence-corrected chi connectivity index (χ2v) is 2.69. The van der Waals surface area contributed by atoms with Crippen LogP contribution in [0.4, 0.5) is 0 Å². The van der Waals surface area contributed by atoms with Gasteiger partial charge in [-0.05, 0) is 24.4 Å². The van der Waals surface area contributed by atoms with Crippen LogP contribution in [-0.2, 0) is 6.42 Å². The van der Waals surface area contributed by atoms with E-state index in [2.05, 4.69) is 41.2 Å². The van der Waals surface area contributed by atoms with Crippen LogP contribution in [0.3, 0.4) is 0 Å². The lowest BCUT2D eigenvalue weighted by molar-refractivity contribution is 0.955. The fraction of sp³-hybridized carbons (Fsp3) is 0.333. The lowest BCUT2D eigenvalue weighted by Crippen LogP contribution is -1.87. The minimum Gasteiger partial charge on any atom is -0.0936 e. The van der Waals surface area contributed by atoms with Crippen molar-refractivity contribution >= 4 is 0 Å². The van der Waals surface area contributed by atoms with Gasteiger partial charge in [-0.2, -0.15) is 0 Å². The molecule has 0 amide bonds. The first kappa shape index (κ1) is 8.62. The maximum Gasteiger partial charge on any atom is 0.0298 e. The first-order valence-electron chi connectivity index (χ1n) is 3.89. The summed E-state index contributed by atoms with van der Waals surface area (Å²) in [6.07, 6.45) is 0.824. The molecule has 0 heterocycles. The molecule has 0 atom stereocenters. The Balaban J connectivity index is 2.53. The number of nitrogens with zero attached hydrogens (tertiary/aromatic N) is 3. The minimum absolute atomic E-state index is 0.541. The maximum atomic E-state index is 8.05. The van der Waals surface area contributed by atoms with Crippen LogP contribution < -0.4 is 0 Å². The van der Waals surface area contributed by atoms with Gasteiger partial charge in [-0.15, -0.1) is 0 Å². The summed E-state index contributed by atoms with van der Waals surface area (Å²) in [5.74, 6) is 0.